The van der Waals surface area contributed by atoms with Crippen LogP contribution in [-0.4, -0.2) is 56.7 Å². The number of β-amino-alcohol motifs (C(OH)–C–C–N with tert-alkyl or cyclic N) is 1. The average molecular weight is 495 g/mol. The number of nitrogens with zero attached hydrogens (tertiary/aromatic N) is 3. The number of hydrogen-bond donors (Lipinski definition) is 2. The van der Waals surface area contributed by atoms with Crippen molar-refractivity contribution >= 4 is 44.4 Å². The Hall–Kier alpha value is -3.50. The van der Waals surface area contributed by atoms with Crippen molar-refractivity contribution in [2.45, 2.75) is 38.3 Å². The number of halogens is 1. The Morgan fingerprint density at radius 2 is 2.03 bits per heavy atom. The highest BCUT2D eigenvalue weighted by atomic mass is 32.1. The van der Waals surface area contributed by atoms with Crippen molar-refractivity contribution in [3.8, 4) is 11.5 Å². The molecule has 4 aromatic rings. The number of carbonyl (C=O) groups excluding carboxylic acids is 2. The van der Waals surface area contributed by atoms with E-state index in [4.69, 9.17) is 4.74 Å². The summed E-state index contributed by atoms with van der Waals surface area (Å²) in [6.45, 7) is 2.59. The number of ether oxygens (including phenoxy) is 1. The van der Waals surface area contributed by atoms with Crippen LogP contribution < -0.4 is 10.1 Å². The molecule has 6 rings (SSSR count). The first-order valence-corrected chi connectivity index (χ1v) is 12.4. The monoisotopic (exact) mass is 494 g/mol. The van der Waals surface area contributed by atoms with E-state index in [1.54, 1.807) is 42.3 Å². The van der Waals surface area contributed by atoms with Crippen LogP contribution in [0.3, 0.4) is 0 Å². The normalized spacial score (nSPS) is 17.9. The second-order valence-corrected chi connectivity index (χ2v) is 10.1. The fraction of sp³-hybridized carbons (Fsp3) is 0.320. The molecule has 10 heteroatoms. The van der Waals surface area contributed by atoms with E-state index < -0.39 is 11.9 Å². The maximum Gasteiger partial charge on any atom is 0.326 e. The molecule has 1 aliphatic carbocycles. The number of rotatable bonds is 4. The topological polar surface area (TPSA) is 96.7 Å². The van der Waals surface area contributed by atoms with Crippen LogP contribution in [0.1, 0.15) is 34.6 Å². The number of benzene rings is 1. The second-order valence-electron chi connectivity index (χ2n) is 9.09. The van der Waals surface area contributed by atoms with Crippen LogP contribution in [-0.2, 0) is 0 Å². The Kier molecular flexibility index (Phi) is 5.23. The molecule has 0 unspecified atom stereocenters. The molecule has 0 bridgehead atoms. The molecule has 1 saturated heterocycles. The average Bonchev–Trinajstić information content (AvgIpc) is 3.22. The molecule has 180 valence electrons. The first kappa shape index (κ1) is 22.0. The predicted octanol–water partition coefficient (Wildman–Crippen LogP) is 4.42. The van der Waals surface area contributed by atoms with Crippen LogP contribution in [0.5, 0.6) is 11.5 Å². The Balaban J connectivity index is 1.32. The standard InChI is InChI=1S/C25H23FN4O4S/c1-13-10-16-18(30(13)25(33)28-14-2-3-14)4-5-19(22(16)26)34-20-6-8-27-17-11-21(35-23(17)20)24(32)29-9-7-15(31)12-29/h4-6,8,10-11,14-15,31H,2-3,7,9,12H2,1H3,(H,28,33)/t15-/m0/s1. The summed E-state index contributed by atoms with van der Waals surface area (Å²) in [5.41, 5.74) is 1.69. The summed E-state index contributed by atoms with van der Waals surface area (Å²) in [6, 6.07) is 8.09. The van der Waals surface area contributed by atoms with Crippen LogP contribution >= 0.6 is 11.3 Å². The molecule has 2 fully saturated rings. The third-order valence-electron chi connectivity index (χ3n) is 6.43. The molecule has 1 aromatic carbocycles. The fourth-order valence-electron chi connectivity index (χ4n) is 4.47. The van der Waals surface area contributed by atoms with Gasteiger partial charge in [-0.2, -0.15) is 0 Å². The van der Waals surface area contributed by atoms with Crippen molar-refractivity contribution in [3.63, 3.8) is 0 Å². The van der Waals surface area contributed by atoms with Gasteiger partial charge in [-0.05, 0) is 50.5 Å². The lowest BCUT2D eigenvalue weighted by Gasteiger charge is -2.13. The smallest absolute Gasteiger partial charge is 0.326 e. The number of aliphatic hydroxyl groups is 1. The summed E-state index contributed by atoms with van der Waals surface area (Å²) in [5.74, 6) is -0.313. The number of fused-ring (bicyclic) bond motifs is 2. The highest BCUT2D eigenvalue weighted by Crippen LogP contribution is 2.38. The molecule has 8 nitrogen and oxygen atoms in total. The summed E-state index contributed by atoms with van der Waals surface area (Å²) in [7, 11) is 0. The van der Waals surface area contributed by atoms with Gasteiger partial charge in [0.05, 0.1) is 26.7 Å². The number of likely N-dealkylation sites (tertiary alicyclic amines) is 1. The van der Waals surface area contributed by atoms with Crippen LogP contribution in [0.4, 0.5) is 9.18 Å². The number of nitrogens with one attached hydrogen (secondary N) is 1. The van der Waals surface area contributed by atoms with Crippen LogP contribution in [0.2, 0.25) is 0 Å². The summed E-state index contributed by atoms with van der Waals surface area (Å²) >= 11 is 1.23. The molecule has 3 aromatic heterocycles. The van der Waals surface area contributed by atoms with Gasteiger partial charge in [0.25, 0.3) is 5.91 Å². The summed E-state index contributed by atoms with van der Waals surface area (Å²) in [5, 5.41) is 13.0. The van der Waals surface area contributed by atoms with Crippen molar-refractivity contribution in [3.05, 3.63) is 52.9 Å². The summed E-state index contributed by atoms with van der Waals surface area (Å²) in [6.07, 6.45) is 3.55. The Morgan fingerprint density at radius 3 is 2.77 bits per heavy atom. The van der Waals surface area contributed by atoms with Gasteiger partial charge in [-0.15, -0.1) is 11.3 Å². The maximum atomic E-state index is 15.5. The van der Waals surface area contributed by atoms with Crippen LogP contribution in [0, 0.1) is 12.7 Å². The number of aryl methyl sites for hydroxylation is 1. The van der Waals surface area contributed by atoms with E-state index in [-0.39, 0.29) is 23.7 Å². The lowest BCUT2D eigenvalue weighted by molar-refractivity contribution is 0.0769. The highest BCUT2D eigenvalue weighted by Gasteiger charge is 2.28. The van der Waals surface area contributed by atoms with Crippen molar-refractivity contribution in [2.24, 2.45) is 0 Å². The van der Waals surface area contributed by atoms with E-state index in [0.29, 0.717) is 57.0 Å². The van der Waals surface area contributed by atoms with Gasteiger partial charge in [0, 0.05) is 42.5 Å². The molecule has 0 spiro atoms. The molecular formula is C25H23FN4O4S. The number of pyridine rings is 1. The number of hydrogen-bond acceptors (Lipinski definition) is 6. The molecule has 0 radical (unpaired) electrons. The van der Waals surface area contributed by atoms with Crippen molar-refractivity contribution in [1.29, 1.82) is 0 Å². The van der Waals surface area contributed by atoms with E-state index in [1.807, 2.05) is 0 Å². The largest absolute Gasteiger partial charge is 0.453 e. The lowest BCUT2D eigenvalue weighted by Crippen LogP contribution is -2.30. The zero-order valence-corrected chi connectivity index (χ0v) is 19.8. The van der Waals surface area contributed by atoms with E-state index in [2.05, 4.69) is 10.3 Å². The first-order valence-electron chi connectivity index (χ1n) is 11.5. The van der Waals surface area contributed by atoms with E-state index in [0.717, 1.165) is 12.8 Å². The minimum absolute atomic E-state index is 0.0219. The Labute approximate surface area is 203 Å². The van der Waals surface area contributed by atoms with E-state index in [1.165, 1.54) is 22.0 Å². The van der Waals surface area contributed by atoms with Gasteiger partial charge in [-0.1, -0.05) is 0 Å². The third-order valence-corrected chi connectivity index (χ3v) is 7.56. The summed E-state index contributed by atoms with van der Waals surface area (Å²) in [4.78, 5) is 31.9. The third kappa shape index (κ3) is 3.92. The maximum absolute atomic E-state index is 15.5. The van der Waals surface area contributed by atoms with Gasteiger partial charge in [-0.3, -0.25) is 14.3 Å². The highest BCUT2D eigenvalue weighted by molar-refractivity contribution is 7.21. The van der Waals surface area contributed by atoms with Crippen molar-refractivity contribution in [2.75, 3.05) is 13.1 Å². The van der Waals surface area contributed by atoms with Crippen molar-refractivity contribution in [1.82, 2.24) is 19.8 Å². The number of thiophene rings is 1. The van der Waals surface area contributed by atoms with Gasteiger partial charge < -0.3 is 20.1 Å². The molecule has 2 aliphatic rings. The van der Waals surface area contributed by atoms with Gasteiger partial charge in [-0.25, -0.2) is 9.18 Å². The fourth-order valence-corrected chi connectivity index (χ4v) is 5.51. The number of aromatic nitrogens is 2. The molecule has 1 aliphatic heterocycles. The first-order chi connectivity index (χ1) is 16.9. The lowest BCUT2D eigenvalue weighted by atomic mass is 10.2. The number of aliphatic hydroxyl groups excluding tert-OH is 1. The molecule has 35 heavy (non-hydrogen) atoms. The van der Waals surface area contributed by atoms with Gasteiger partial charge in [0.2, 0.25) is 0 Å². The zero-order chi connectivity index (χ0) is 24.3. The van der Waals surface area contributed by atoms with Gasteiger partial charge in [0.1, 0.15) is 5.75 Å². The van der Waals surface area contributed by atoms with Crippen molar-refractivity contribution < 1.29 is 23.8 Å². The molecule has 1 atom stereocenters. The van der Waals surface area contributed by atoms with Crippen LogP contribution in [0.15, 0.2) is 36.5 Å². The molecule has 2 amide bonds. The number of carbonyl (C=O) groups is 2. The van der Waals surface area contributed by atoms with Crippen LogP contribution in [0.25, 0.3) is 21.1 Å². The Morgan fingerprint density at radius 1 is 1.20 bits per heavy atom. The van der Waals surface area contributed by atoms with E-state index in [9.17, 15) is 14.7 Å². The molecule has 4 heterocycles. The second kappa shape index (κ2) is 8.31. The van der Waals surface area contributed by atoms with Gasteiger partial charge in [0.15, 0.2) is 11.6 Å². The molecular weight excluding hydrogens is 471 g/mol. The SMILES string of the molecule is Cc1cc2c(F)c(Oc3ccnc4cc(C(=O)N5CC[C@H](O)C5)sc34)ccc2n1C(=O)NC1CC1. The molecule has 1 saturated carbocycles. The zero-order valence-electron chi connectivity index (χ0n) is 19.0. The Bertz CT molecular complexity index is 1490. The number of amides is 2. The summed E-state index contributed by atoms with van der Waals surface area (Å²) < 4.78 is 23.6. The quantitative estimate of drug-likeness (QED) is 0.438. The molecule has 2 N–H and O–H groups in total. The minimum atomic E-state index is -0.563. The van der Waals surface area contributed by atoms with E-state index >= 15 is 4.39 Å². The predicted molar refractivity (Wildman–Crippen MR) is 130 cm³/mol. The minimum Gasteiger partial charge on any atom is -0.453 e. The van der Waals surface area contributed by atoms with Gasteiger partial charge >= 0.3 is 6.03 Å².